The van der Waals surface area contributed by atoms with Crippen LogP contribution in [0.2, 0.25) is 0 Å². The Morgan fingerprint density at radius 3 is 2.56 bits per heavy atom. The fraction of sp³-hybridized carbons (Fsp3) is 0.579. The largest absolute Gasteiger partial charge is 0.378 e. The molecule has 1 aromatic rings. The van der Waals surface area contributed by atoms with Gasteiger partial charge in [-0.3, -0.25) is 4.79 Å². The van der Waals surface area contributed by atoms with Crippen LogP contribution in [0, 0.1) is 0 Å². The van der Waals surface area contributed by atoms with Gasteiger partial charge in [0.25, 0.3) is 0 Å². The second-order valence-corrected chi connectivity index (χ2v) is 6.07. The lowest BCUT2D eigenvalue weighted by Gasteiger charge is -2.34. The van der Waals surface area contributed by atoms with E-state index in [9.17, 15) is 4.79 Å². The Balaban J connectivity index is 1.81. The van der Waals surface area contributed by atoms with E-state index in [1.807, 2.05) is 44.2 Å². The minimum atomic E-state index is -0.0662. The van der Waals surface area contributed by atoms with Crippen molar-refractivity contribution in [2.75, 3.05) is 32.8 Å². The SMILES string of the molecule is CCNC(=NCC(=O)NCc1ccccc1)N1CCC(OCC)CC1. The van der Waals surface area contributed by atoms with Crippen molar-refractivity contribution >= 4 is 11.9 Å². The van der Waals surface area contributed by atoms with Crippen LogP contribution in [0.5, 0.6) is 0 Å². The first-order valence-electron chi connectivity index (χ1n) is 9.18. The molecule has 0 bridgehead atoms. The molecule has 1 fully saturated rings. The molecule has 0 atom stereocenters. The molecule has 2 N–H and O–H groups in total. The Labute approximate surface area is 150 Å². The standard InChI is InChI=1S/C19H30N4O2/c1-3-20-19(23-12-10-17(11-13-23)25-4-2)22-15-18(24)21-14-16-8-6-5-7-9-16/h5-9,17H,3-4,10-15H2,1-2H3,(H,20,22)(H,21,24). The third-order valence-electron chi connectivity index (χ3n) is 4.18. The fourth-order valence-corrected chi connectivity index (χ4v) is 2.89. The van der Waals surface area contributed by atoms with E-state index in [1.54, 1.807) is 0 Å². The number of carbonyl (C=O) groups excluding carboxylic acids is 1. The summed E-state index contributed by atoms with van der Waals surface area (Å²) < 4.78 is 5.69. The molecule has 1 amide bonds. The zero-order valence-electron chi connectivity index (χ0n) is 15.3. The molecule has 0 radical (unpaired) electrons. The van der Waals surface area contributed by atoms with Gasteiger partial charge >= 0.3 is 0 Å². The van der Waals surface area contributed by atoms with E-state index in [2.05, 4.69) is 20.5 Å². The van der Waals surface area contributed by atoms with E-state index in [0.717, 1.165) is 50.6 Å². The zero-order valence-corrected chi connectivity index (χ0v) is 15.3. The van der Waals surface area contributed by atoms with Crippen molar-refractivity contribution < 1.29 is 9.53 Å². The highest BCUT2D eigenvalue weighted by atomic mass is 16.5. The Hall–Kier alpha value is -2.08. The Kier molecular flexibility index (Phi) is 8.25. The van der Waals surface area contributed by atoms with Gasteiger partial charge in [0.15, 0.2) is 5.96 Å². The predicted molar refractivity (Wildman–Crippen MR) is 100 cm³/mol. The molecule has 0 aromatic heterocycles. The van der Waals surface area contributed by atoms with Crippen LogP contribution in [0.25, 0.3) is 0 Å². The number of hydrogen-bond donors (Lipinski definition) is 2. The van der Waals surface area contributed by atoms with Gasteiger partial charge in [-0.25, -0.2) is 4.99 Å². The molecule has 0 aliphatic carbocycles. The van der Waals surface area contributed by atoms with E-state index >= 15 is 0 Å². The van der Waals surface area contributed by atoms with Crippen LogP contribution in [0.3, 0.4) is 0 Å². The molecule has 138 valence electrons. The summed E-state index contributed by atoms with van der Waals surface area (Å²) >= 11 is 0. The topological polar surface area (TPSA) is 66.0 Å². The first-order valence-corrected chi connectivity index (χ1v) is 9.18. The van der Waals surface area contributed by atoms with Crippen molar-refractivity contribution in [3.63, 3.8) is 0 Å². The maximum Gasteiger partial charge on any atom is 0.242 e. The highest BCUT2D eigenvalue weighted by molar-refractivity contribution is 5.85. The van der Waals surface area contributed by atoms with Crippen molar-refractivity contribution in [2.24, 2.45) is 4.99 Å². The van der Waals surface area contributed by atoms with E-state index in [4.69, 9.17) is 4.74 Å². The number of amides is 1. The molecule has 1 aromatic carbocycles. The van der Waals surface area contributed by atoms with Gasteiger partial charge in [-0.2, -0.15) is 0 Å². The zero-order chi connectivity index (χ0) is 17.9. The average molecular weight is 346 g/mol. The molecule has 6 heteroatoms. The minimum Gasteiger partial charge on any atom is -0.378 e. The number of benzene rings is 1. The van der Waals surface area contributed by atoms with Crippen molar-refractivity contribution in [2.45, 2.75) is 39.3 Å². The Morgan fingerprint density at radius 1 is 1.20 bits per heavy atom. The highest BCUT2D eigenvalue weighted by Gasteiger charge is 2.21. The molecular weight excluding hydrogens is 316 g/mol. The number of nitrogens with one attached hydrogen (secondary N) is 2. The number of ether oxygens (including phenoxy) is 1. The lowest BCUT2D eigenvalue weighted by Crippen LogP contribution is -2.47. The van der Waals surface area contributed by atoms with Gasteiger partial charge in [0.05, 0.1) is 6.10 Å². The highest BCUT2D eigenvalue weighted by Crippen LogP contribution is 2.13. The molecule has 0 unspecified atom stereocenters. The number of carbonyl (C=O) groups is 1. The second-order valence-electron chi connectivity index (χ2n) is 6.07. The Morgan fingerprint density at radius 2 is 1.92 bits per heavy atom. The van der Waals surface area contributed by atoms with Crippen LogP contribution in [0.15, 0.2) is 35.3 Å². The minimum absolute atomic E-state index is 0.0662. The summed E-state index contributed by atoms with van der Waals surface area (Å²) in [5.41, 5.74) is 1.09. The molecule has 0 spiro atoms. The summed E-state index contributed by atoms with van der Waals surface area (Å²) in [5.74, 6) is 0.746. The van der Waals surface area contributed by atoms with Gasteiger partial charge in [-0.1, -0.05) is 30.3 Å². The maximum atomic E-state index is 12.1. The number of nitrogens with zero attached hydrogens (tertiary/aromatic N) is 2. The van der Waals surface area contributed by atoms with E-state index in [0.29, 0.717) is 12.6 Å². The maximum absolute atomic E-state index is 12.1. The van der Waals surface area contributed by atoms with Crippen molar-refractivity contribution in [3.8, 4) is 0 Å². The number of guanidine groups is 1. The van der Waals surface area contributed by atoms with Crippen LogP contribution in [0.1, 0.15) is 32.3 Å². The molecule has 1 saturated heterocycles. The predicted octanol–water partition coefficient (Wildman–Crippen LogP) is 1.77. The molecule has 1 heterocycles. The molecule has 0 saturated carbocycles. The van der Waals surface area contributed by atoms with E-state index in [-0.39, 0.29) is 12.5 Å². The first kappa shape index (κ1) is 19.2. The number of piperidine rings is 1. The second kappa shape index (κ2) is 10.7. The third kappa shape index (κ3) is 6.74. The van der Waals surface area contributed by atoms with Crippen LogP contribution >= 0.6 is 0 Å². The first-order chi connectivity index (χ1) is 12.2. The summed E-state index contributed by atoms with van der Waals surface area (Å²) in [4.78, 5) is 18.8. The Bertz CT molecular complexity index is 540. The number of likely N-dealkylation sites (tertiary alicyclic amines) is 1. The monoisotopic (exact) mass is 346 g/mol. The fourth-order valence-electron chi connectivity index (χ4n) is 2.89. The van der Waals surface area contributed by atoms with E-state index in [1.165, 1.54) is 0 Å². The van der Waals surface area contributed by atoms with Crippen molar-refractivity contribution in [1.82, 2.24) is 15.5 Å². The van der Waals surface area contributed by atoms with Gasteiger partial charge in [0.2, 0.25) is 5.91 Å². The molecule has 1 aliphatic heterocycles. The van der Waals surface area contributed by atoms with Crippen LogP contribution in [-0.2, 0) is 16.1 Å². The lowest BCUT2D eigenvalue weighted by molar-refractivity contribution is -0.119. The van der Waals surface area contributed by atoms with Gasteiger partial charge in [-0.05, 0) is 32.3 Å². The van der Waals surface area contributed by atoms with Gasteiger partial charge in [0.1, 0.15) is 6.54 Å². The summed E-state index contributed by atoms with van der Waals surface area (Å²) in [6.07, 6.45) is 2.34. The molecule has 2 rings (SSSR count). The summed E-state index contributed by atoms with van der Waals surface area (Å²) in [7, 11) is 0. The molecule has 25 heavy (non-hydrogen) atoms. The molecule has 6 nitrogen and oxygen atoms in total. The lowest BCUT2D eigenvalue weighted by atomic mass is 10.1. The van der Waals surface area contributed by atoms with Gasteiger partial charge in [0, 0.05) is 32.8 Å². The smallest absolute Gasteiger partial charge is 0.242 e. The van der Waals surface area contributed by atoms with Gasteiger partial charge in [-0.15, -0.1) is 0 Å². The van der Waals surface area contributed by atoms with Crippen LogP contribution in [-0.4, -0.2) is 55.7 Å². The molecule has 1 aliphatic rings. The normalized spacial score (nSPS) is 15.9. The number of aliphatic imine (C=N–C) groups is 1. The van der Waals surface area contributed by atoms with Gasteiger partial charge < -0.3 is 20.3 Å². The number of rotatable bonds is 7. The van der Waals surface area contributed by atoms with E-state index < -0.39 is 0 Å². The summed E-state index contributed by atoms with van der Waals surface area (Å²) in [6.45, 7) is 8.11. The van der Waals surface area contributed by atoms with Crippen LogP contribution < -0.4 is 10.6 Å². The van der Waals surface area contributed by atoms with Crippen LogP contribution in [0.4, 0.5) is 0 Å². The summed E-state index contributed by atoms with van der Waals surface area (Å²) in [6, 6.07) is 9.89. The quantitative estimate of drug-likeness (QED) is 0.583. The third-order valence-corrected chi connectivity index (χ3v) is 4.18. The van der Waals surface area contributed by atoms with Crippen molar-refractivity contribution in [1.29, 1.82) is 0 Å². The number of hydrogen-bond acceptors (Lipinski definition) is 3. The summed E-state index contributed by atoms with van der Waals surface area (Å²) in [5, 5.41) is 6.19. The molecular formula is C19H30N4O2. The van der Waals surface area contributed by atoms with Crippen molar-refractivity contribution in [3.05, 3.63) is 35.9 Å². The average Bonchev–Trinajstić information content (AvgIpc) is 2.65.